The fraction of sp³-hybridized carbons (Fsp3) is 0.714. The van der Waals surface area contributed by atoms with Gasteiger partial charge in [-0.2, -0.15) is 0 Å². The van der Waals surface area contributed by atoms with Crippen LogP contribution in [-0.4, -0.2) is 36.4 Å². The van der Waals surface area contributed by atoms with E-state index in [0.29, 0.717) is 11.5 Å². The molecule has 0 fully saturated rings. The van der Waals surface area contributed by atoms with Gasteiger partial charge in [-0.1, -0.05) is 146 Å². The molecule has 0 aliphatic rings. The van der Waals surface area contributed by atoms with Crippen LogP contribution in [0.1, 0.15) is 168 Å². The number of phenolic OH excluding ortho intramolecular Hbond substituents is 2. The summed E-state index contributed by atoms with van der Waals surface area (Å²) in [5.74, 6) is 0.944. The van der Waals surface area contributed by atoms with Crippen molar-refractivity contribution in [3.05, 3.63) is 57.6 Å². The molecule has 0 aliphatic carbocycles. The van der Waals surface area contributed by atoms with E-state index in [9.17, 15) is 10.2 Å². The SMILES string of the molecule is CC(C)(C)c1cc(CCNCCCCCCCCCCNCCc2cc(C(C)(C)C)c(O)c(C(C)(C)C)c2)cc(C(C)(C)C)c1O. The molecule has 0 heterocycles. The van der Waals surface area contributed by atoms with Crippen LogP contribution < -0.4 is 10.6 Å². The third kappa shape index (κ3) is 13.2. The number of unbranched alkanes of at least 4 members (excludes halogenated alkanes) is 7. The molecule has 0 aromatic heterocycles. The quantitative estimate of drug-likeness (QED) is 0.131. The lowest BCUT2D eigenvalue weighted by molar-refractivity contribution is 0.421. The van der Waals surface area contributed by atoms with Crippen molar-refractivity contribution in [2.75, 3.05) is 26.2 Å². The third-order valence-corrected chi connectivity index (χ3v) is 9.21. The smallest absolute Gasteiger partial charge is 0.123 e. The van der Waals surface area contributed by atoms with Gasteiger partial charge in [0.05, 0.1) is 0 Å². The van der Waals surface area contributed by atoms with E-state index in [4.69, 9.17) is 0 Å². The molecule has 4 N–H and O–H groups in total. The predicted octanol–water partition coefficient (Wildman–Crippen LogP) is 10.4. The van der Waals surface area contributed by atoms with Crippen molar-refractivity contribution in [3.8, 4) is 11.5 Å². The normalized spacial score (nSPS) is 13.0. The maximum absolute atomic E-state index is 11.0. The molecule has 0 unspecified atom stereocenters. The molecule has 4 nitrogen and oxygen atoms in total. The highest BCUT2D eigenvalue weighted by molar-refractivity contribution is 5.51. The van der Waals surface area contributed by atoms with Gasteiger partial charge in [0.1, 0.15) is 11.5 Å². The summed E-state index contributed by atoms with van der Waals surface area (Å²) in [4.78, 5) is 0. The number of nitrogens with one attached hydrogen (secondary N) is 2. The van der Waals surface area contributed by atoms with E-state index in [0.717, 1.165) is 61.3 Å². The van der Waals surface area contributed by atoms with Gasteiger partial charge < -0.3 is 20.8 Å². The molecule has 0 spiro atoms. The molecule has 0 bridgehead atoms. The van der Waals surface area contributed by atoms with Crippen LogP contribution in [-0.2, 0) is 34.5 Å². The molecule has 2 rings (SSSR count). The molecule has 2 aromatic carbocycles. The van der Waals surface area contributed by atoms with Crippen LogP contribution in [0.5, 0.6) is 11.5 Å². The van der Waals surface area contributed by atoms with E-state index < -0.39 is 0 Å². The van der Waals surface area contributed by atoms with Gasteiger partial charge in [0.25, 0.3) is 0 Å². The van der Waals surface area contributed by atoms with Crippen LogP contribution in [0.25, 0.3) is 0 Å². The molecule has 2 aromatic rings. The van der Waals surface area contributed by atoms with Crippen molar-refractivity contribution in [1.82, 2.24) is 10.6 Å². The average molecular weight is 637 g/mol. The minimum atomic E-state index is -0.0755. The first-order valence-corrected chi connectivity index (χ1v) is 18.4. The molecule has 0 saturated carbocycles. The van der Waals surface area contributed by atoms with Gasteiger partial charge in [-0.15, -0.1) is 0 Å². The molecule has 0 radical (unpaired) electrons. The number of hydrogen-bond donors (Lipinski definition) is 4. The molecule has 262 valence electrons. The van der Waals surface area contributed by atoms with Crippen molar-refractivity contribution in [2.24, 2.45) is 0 Å². The Kier molecular flexibility index (Phi) is 15.2. The topological polar surface area (TPSA) is 64.5 Å². The molecular formula is C42H72N2O2. The second kappa shape index (κ2) is 17.4. The number of rotatable bonds is 17. The highest BCUT2D eigenvalue weighted by Crippen LogP contribution is 2.41. The van der Waals surface area contributed by atoms with Gasteiger partial charge in [0.2, 0.25) is 0 Å². The van der Waals surface area contributed by atoms with Gasteiger partial charge in [0.15, 0.2) is 0 Å². The standard InChI is InChI=1S/C42H72N2O2/c1-39(2,3)33-27-31(28-34(37(33)45)40(4,5)6)21-25-43-23-19-17-15-13-14-16-18-20-24-44-26-22-32-29-35(41(7,8)9)38(46)36(30-32)42(10,11)12/h27-30,43-46H,13-26H2,1-12H3. The first-order chi connectivity index (χ1) is 21.2. The first-order valence-electron chi connectivity index (χ1n) is 18.4. The lowest BCUT2D eigenvalue weighted by Crippen LogP contribution is -2.21. The Hall–Kier alpha value is -2.04. The number of hydrogen-bond acceptors (Lipinski definition) is 4. The summed E-state index contributed by atoms with van der Waals surface area (Å²) >= 11 is 0. The van der Waals surface area contributed by atoms with E-state index in [1.54, 1.807) is 0 Å². The molecule has 0 amide bonds. The largest absolute Gasteiger partial charge is 0.507 e. The Morgan fingerprint density at radius 3 is 0.870 bits per heavy atom. The minimum Gasteiger partial charge on any atom is -0.507 e. The van der Waals surface area contributed by atoms with Gasteiger partial charge in [-0.05, 0) is 107 Å². The van der Waals surface area contributed by atoms with Crippen LogP contribution in [0.3, 0.4) is 0 Å². The molecule has 4 heteroatoms. The van der Waals surface area contributed by atoms with E-state index in [1.807, 2.05) is 0 Å². The fourth-order valence-electron chi connectivity index (χ4n) is 6.24. The molecule has 0 saturated heterocycles. The number of benzene rings is 2. The summed E-state index contributed by atoms with van der Waals surface area (Å²) < 4.78 is 0. The molecule has 46 heavy (non-hydrogen) atoms. The van der Waals surface area contributed by atoms with Crippen LogP contribution in [0, 0.1) is 0 Å². The molecular weight excluding hydrogens is 564 g/mol. The minimum absolute atomic E-state index is 0.0755. The highest BCUT2D eigenvalue weighted by Gasteiger charge is 2.27. The van der Waals surface area contributed by atoms with Gasteiger partial charge >= 0.3 is 0 Å². The van der Waals surface area contributed by atoms with E-state index >= 15 is 0 Å². The fourth-order valence-corrected chi connectivity index (χ4v) is 6.24. The highest BCUT2D eigenvalue weighted by atomic mass is 16.3. The Morgan fingerprint density at radius 2 is 0.630 bits per heavy atom. The maximum Gasteiger partial charge on any atom is 0.123 e. The van der Waals surface area contributed by atoms with Crippen LogP contribution in [0.2, 0.25) is 0 Å². The third-order valence-electron chi connectivity index (χ3n) is 9.21. The lowest BCUT2D eigenvalue weighted by Gasteiger charge is -2.28. The van der Waals surface area contributed by atoms with E-state index in [-0.39, 0.29) is 21.7 Å². The monoisotopic (exact) mass is 637 g/mol. The van der Waals surface area contributed by atoms with Crippen LogP contribution in [0.4, 0.5) is 0 Å². The molecule has 0 atom stereocenters. The van der Waals surface area contributed by atoms with Crippen LogP contribution in [0.15, 0.2) is 24.3 Å². The Bertz CT molecular complexity index is 1040. The van der Waals surface area contributed by atoms with E-state index in [1.165, 1.54) is 62.5 Å². The Labute approximate surface area is 284 Å². The van der Waals surface area contributed by atoms with Crippen molar-refractivity contribution in [2.45, 2.75) is 169 Å². The van der Waals surface area contributed by atoms with Gasteiger partial charge in [-0.25, -0.2) is 0 Å². The van der Waals surface area contributed by atoms with Crippen LogP contribution >= 0.6 is 0 Å². The second-order valence-electron chi connectivity index (χ2n) is 17.9. The van der Waals surface area contributed by atoms with Crippen molar-refractivity contribution in [3.63, 3.8) is 0 Å². The van der Waals surface area contributed by atoms with Crippen molar-refractivity contribution < 1.29 is 10.2 Å². The van der Waals surface area contributed by atoms with Crippen molar-refractivity contribution >= 4 is 0 Å². The zero-order valence-electron chi connectivity index (χ0n) is 32.1. The zero-order chi connectivity index (χ0) is 34.8. The summed E-state index contributed by atoms with van der Waals surface area (Å²) in [6.07, 6.45) is 12.5. The molecule has 0 aliphatic heterocycles. The van der Waals surface area contributed by atoms with Gasteiger partial charge in [-0.3, -0.25) is 0 Å². The van der Waals surface area contributed by atoms with E-state index in [2.05, 4.69) is 118 Å². The average Bonchev–Trinajstić information content (AvgIpc) is 2.91. The lowest BCUT2D eigenvalue weighted by atomic mass is 9.78. The number of phenols is 2. The maximum atomic E-state index is 11.0. The second-order valence-corrected chi connectivity index (χ2v) is 17.9. The summed E-state index contributed by atoms with van der Waals surface area (Å²) in [6, 6.07) is 8.85. The summed E-state index contributed by atoms with van der Waals surface area (Å²) in [5, 5.41) is 29.2. The zero-order valence-corrected chi connectivity index (χ0v) is 32.1. The summed E-state index contributed by atoms with van der Waals surface area (Å²) in [6.45, 7) is 30.3. The predicted molar refractivity (Wildman–Crippen MR) is 201 cm³/mol. The van der Waals surface area contributed by atoms with Gasteiger partial charge in [0, 0.05) is 0 Å². The van der Waals surface area contributed by atoms with Crippen molar-refractivity contribution in [1.29, 1.82) is 0 Å². The Balaban J connectivity index is 1.56. The summed E-state index contributed by atoms with van der Waals surface area (Å²) in [7, 11) is 0. The Morgan fingerprint density at radius 1 is 0.391 bits per heavy atom. The summed E-state index contributed by atoms with van der Waals surface area (Å²) in [5.41, 5.74) is 6.56. The first kappa shape index (κ1) is 40.1. The number of aromatic hydroxyl groups is 2.